The number of halogens is 3. The van der Waals surface area contributed by atoms with Crippen molar-refractivity contribution in [1.29, 1.82) is 0 Å². The SMILES string of the molecule is COc1ccc([C@H]2C[C@@H](C(F)(F)F)n3nc(C4=CCC(N)CC4)cc3N2)cc1OC. The lowest BCUT2D eigenvalue weighted by atomic mass is 9.94. The lowest BCUT2D eigenvalue weighted by Crippen LogP contribution is -2.35. The van der Waals surface area contributed by atoms with Gasteiger partial charge in [0.15, 0.2) is 17.5 Å². The predicted molar refractivity (Wildman–Crippen MR) is 108 cm³/mol. The van der Waals surface area contributed by atoms with Gasteiger partial charge in [-0.25, -0.2) is 4.68 Å². The molecule has 0 fully saturated rings. The van der Waals surface area contributed by atoms with Crippen LogP contribution >= 0.6 is 0 Å². The van der Waals surface area contributed by atoms with Gasteiger partial charge in [-0.3, -0.25) is 0 Å². The number of nitrogens with one attached hydrogen (secondary N) is 1. The molecular formula is C21H25F3N4O2. The average molecular weight is 422 g/mol. The van der Waals surface area contributed by atoms with Gasteiger partial charge in [0.2, 0.25) is 0 Å². The number of hydrogen-bond donors (Lipinski definition) is 2. The number of benzene rings is 1. The molecule has 4 rings (SSSR count). The van der Waals surface area contributed by atoms with Crippen LogP contribution in [-0.4, -0.2) is 36.2 Å². The quantitative estimate of drug-likeness (QED) is 0.761. The van der Waals surface area contributed by atoms with Gasteiger partial charge >= 0.3 is 6.18 Å². The van der Waals surface area contributed by atoms with E-state index >= 15 is 0 Å². The van der Waals surface area contributed by atoms with Gasteiger partial charge in [-0.15, -0.1) is 0 Å². The maximum absolute atomic E-state index is 13.9. The third kappa shape index (κ3) is 3.86. The van der Waals surface area contributed by atoms with Crippen LogP contribution in [0.15, 0.2) is 30.3 Å². The van der Waals surface area contributed by atoms with E-state index in [0.29, 0.717) is 41.4 Å². The van der Waals surface area contributed by atoms with E-state index in [1.807, 2.05) is 6.08 Å². The number of alkyl halides is 3. The highest BCUT2D eigenvalue weighted by Gasteiger charge is 2.46. The highest BCUT2D eigenvalue weighted by atomic mass is 19.4. The number of fused-ring (bicyclic) bond motifs is 1. The van der Waals surface area contributed by atoms with Gasteiger partial charge in [0.25, 0.3) is 0 Å². The monoisotopic (exact) mass is 422 g/mol. The van der Waals surface area contributed by atoms with Crippen molar-refractivity contribution in [1.82, 2.24) is 9.78 Å². The van der Waals surface area contributed by atoms with Crippen LogP contribution in [0.5, 0.6) is 11.5 Å². The maximum Gasteiger partial charge on any atom is 0.410 e. The predicted octanol–water partition coefficient (Wildman–Crippen LogP) is 4.46. The van der Waals surface area contributed by atoms with E-state index in [1.165, 1.54) is 14.2 Å². The fraction of sp³-hybridized carbons (Fsp3) is 0.476. The molecule has 0 spiro atoms. The zero-order chi connectivity index (χ0) is 21.5. The highest BCUT2D eigenvalue weighted by molar-refractivity contribution is 5.66. The number of anilines is 1. The lowest BCUT2D eigenvalue weighted by Gasteiger charge is -2.33. The van der Waals surface area contributed by atoms with Crippen LogP contribution in [0, 0.1) is 0 Å². The summed E-state index contributed by atoms with van der Waals surface area (Å²) in [5, 5.41) is 7.54. The Balaban J connectivity index is 1.69. The van der Waals surface area contributed by atoms with Gasteiger partial charge in [0, 0.05) is 18.5 Å². The molecule has 3 N–H and O–H groups in total. The molecule has 0 amide bonds. The van der Waals surface area contributed by atoms with Gasteiger partial charge in [-0.05, 0) is 42.5 Å². The molecule has 1 aliphatic carbocycles. The van der Waals surface area contributed by atoms with Crippen LogP contribution in [0.25, 0.3) is 5.57 Å². The zero-order valence-corrected chi connectivity index (χ0v) is 16.9. The Labute approximate surface area is 172 Å². The van der Waals surface area contributed by atoms with Crippen molar-refractivity contribution in [3.63, 3.8) is 0 Å². The van der Waals surface area contributed by atoms with Crippen molar-refractivity contribution in [3.8, 4) is 11.5 Å². The maximum atomic E-state index is 13.9. The van der Waals surface area contributed by atoms with Crippen molar-refractivity contribution >= 4 is 11.4 Å². The Kier molecular flexibility index (Phi) is 5.40. The molecule has 1 aromatic heterocycles. The van der Waals surface area contributed by atoms with E-state index in [2.05, 4.69) is 10.4 Å². The molecule has 2 heterocycles. The zero-order valence-electron chi connectivity index (χ0n) is 16.9. The first-order valence-electron chi connectivity index (χ1n) is 9.90. The van der Waals surface area contributed by atoms with Crippen molar-refractivity contribution in [3.05, 3.63) is 41.6 Å². The normalized spacial score (nSPS) is 23.9. The largest absolute Gasteiger partial charge is 0.493 e. The van der Waals surface area contributed by atoms with E-state index in [9.17, 15) is 13.2 Å². The molecule has 1 aromatic carbocycles. The third-order valence-corrected chi connectivity index (χ3v) is 5.78. The smallest absolute Gasteiger partial charge is 0.410 e. The molecule has 3 atom stereocenters. The number of ether oxygens (including phenoxy) is 2. The van der Waals surface area contributed by atoms with Crippen LogP contribution in [0.1, 0.15) is 49.0 Å². The van der Waals surface area contributed by atoms with Crippen LogP contribution < -0.4 is 20.5 Å². The summed E-state index contributed by atoms with van der Waals surface area (Å²) in [6.07, 6.45) is -0.375. The Bertz CT molecular complexity index is 954. The molecule has 0 radical (unpaired) electrons. The molecule has 162 valence electrons. The number of nitrogens with zero attached hydrogens (tertiary/aromatic N) is 2. The fourth-order valence-electron chi connectivity index (χ4n) is 4.11. The van der Waals surface area contributed by atoms with Gasteiger partial charge < -0.3 is 20.5 Å². The Hall–Kier alpha value is -2.68. The molecule has 1 unspecified atom stereocenters. The standard InChI is InChI=1S/C21H25F3N4O2/c1-29-17-8-5-13(9-18(17)30-2)15-10-19(21(22,23)24)28-20(26-15)11-16(27-28)12-3-6-14(25)7-4-12/h3,5,8-9,11,14-15,19,26H,4,6-7,10,25H2,1-2H3/t14?,15-,19+/m1/s1. The number of allylic oxidation sites excluding steroid dienone is 1. The molecule has 0 bridgehead atoms. The van der Waals surface area contributed by atoms with E-state index < -0.39 is 18.3 Å². The number of rotatable bonds is 4. The van der Waals surface area contributed by atoms with Gasteiger partial charge in [-0.1, -0.05) is 12.1 Å². The summed E-state index contributed by atoms with van der Waals surface area (Å²) in [4.78, 5) is 0. The minimum absolute atomic E-state index is 0.0986. The van der Waals surface area contributed by atoms with Crippen molar-refractivity contribution in [2.24, 2.45) is 5.73 Å². The first kappa shape index (κ1) is 20.6. The Morgan fingerprint density at radius 3 is 2.57 bits per heavy atom. The summed E-state index contributed by atoms with van der Waals surface area (Å²) in [6.45, 7) is 0. The van der Waals surface area contributed by atoms with Crippen molar-refractivity contribution in [2.45, 2.75) is 50.0 Å². The van der Waals surface area contributed by atoms with Crippen LogP contribution in [0.2, 0.25) is 0 Å². The highest BCUT2D eigenvalue weighted by Crippen LogP contribution is 2.45. The van der Waals surface area contributed by atoms with Crippen LogP contribution in [0.4, 0.5) is 19.0 Å². The van der Waals surface area contributed by atoms with Crippen LogP contribution in [0.3, 0.4) is 0 Å². The second-order valence-electron chi connectivity index (χ2n) is 7.73. The number of aromatic nitrogens is 2. The summed E-state index contributed by atoms with van der Waals surface area (Å²) in [7, 11) is 3.02. The minimum atomic E-state index is -4.42. The second kappa shape index (κ2) is 7.86. The minimum Gasteiger partial charge on any atom is -0.493 e. The summed E-state index contributed by atoms with van der Waals surface area (Å²) in [5.41, 5.74) is 8.15. The van der Waals surface area contributed by atoms with E-state index in [-0.39, 0.29) is 12.5 Å². The first-order valence-corrected chi connectivity index (χ1v) is 9.90. The Morgan fingerprint density at radius 2 is 1.93 bits per heavy atom. The Morgan fingerprint density at radius 1 is 1.17 bits per heavy atom. The van der Waals surface area contributed by atoms with Crippen molar-refractivity contribution in [2.75, 3.05) is 19.5 Å². The molecule has 0 saturated carbocycles. The van der Waals surface area contributed by atoms with E-state index in [0.717, 1.165) is 16.7 Å². The third-order valence-electron chi connectivity index (χ3n) is 5.78. The van der Waals surface area contributed by atoms with Gasteiger partial charge in [0.05, 0.1) is 26.0 Å². The summed E-state index contributed by atoms with van der Waals surface area (Å²) >= 11 is 0. The molecule has 2 aromatic rings. The summed E-state index contributed by atoms with van der Waals surface area (Å²) in [5.74, 6) is 1.36. The number of methoxy groups -OCH3 is 2. The van der Waals surface area contributed by atoms with Gasteiger partial charge in [0.1, 0.15) is 5.82 Å². The molecule has 0 saturated heterocycles. The summed E-state index contributed by atoms with van der Waals surface area (Å²) in [6, 6.07) is 4.71. The summed E-state index contributed by atoms with van der Waals surface area (Å²) < 4.78 is 53.4. The molecule has 6 nitrogen and oxygen atoms in total. The first-order chi connectivity index (χ1) is 14.3. The number of hydrogen-bond acceptors (Lipinski definition) is 5. The molecule has 1 aliphatic heterocycles. The molecular weight excluding hydrogens is 397 g/mol. The lowest BCUT2D eigenvalue weighted by molar-refractivity contribution is -0.173. The van der Waals surface area contributed by atoms with Crippen LogP contribution in [-0.2, 0) is 0 Å². The average Bonchev–Trinajstić information content (AvgIpc) is 3.16. The van der Waals surface area contributed by atoms with Gasteiger partial charge in [-0.2, -0.15) is 18.3 Å². The molecule has 30 heavy (non-hydrogen) atoms. The van der Waals surface area contributed by atoms with E-state index in [4.69, 9.17) is 15.2 Å². The topological polar surface area (TPSA) is 74.3 Å². The fourth-order valence-corrected chi connectivity index (χ4v) is 4.11. The molecule has 2 aliphatic rings. The second-order valence-corrected chi connectivity index (χ2v) is 7.73. The molecule has 9 heteroatoms. The van der Waals surface area contributed by atoms with Crippen molar-refractivity contribution < 1.29 is 22.6 Å². The number of nitrogens with two attached hydrogens (primary N) is 1. The van der Waals surface area contributed by atoms with E-state index in [1.54, 1.807) is 24.3 Å².